The van der Waals surface area contributed by atoms with Crippen molar-refractivity contribution in [3.8, 4) is 0 Å². The minimum Gasteiger partial charge on any atom is -0.370 e. The third-order valence-corrected chi connectivity index (χ3v) is 0.628. The summed E-state index contributed by atoms with van der Waals surface area (Å²) in [6.07, 6.45) is 9.10. The molecule has 6 N–H and O–H groups in total. The maximum Gasteiger partial charge on any atom is 0.183 e. The molecule has 1 aliphatic heterocycles. The van der Waals surface area contributed by atoms with Crippen LogP contribution in [0.4, 0.5) is 0 Å². The van der Waals surface area contributed by atoms with Gasteiger partial charge < -0.3 is 11.5 Å². The molecule has 0 unspecified atom stereocenters. The summed E-state index contributed by atoms with van der Waals surface area (Å²) in [6, 6.07) is 0. The lowest BCUT2D eigenvalue weighted by Crippen LogP contribution is -2.20. The third kappa shape index (κ3) is 11.7. The molecule has 0 spiro atoms. The average Bonchev–Trinajstić information content (AvgIpc) is 2.13. The van der Waals surface area contributed by atoms with Gasteiger partial charge in [-0.3, -0.25) is 10.8 Å². The van der Waals surface area contributed by atoms with Gasteiger partial charge in [-0.15, -0.1) is 0 Å². The second-order valence-corrected chi connectivity index (χ2v) is 1.61. The Morgan fingerprint density at radius 1 is 1.27 bits per heavy atom. The smallest absolute Gasteiger partial charge is 0.183 e. The summed E-state index contributed by atoms with van der Waals surface area (Å²) in [5.74, 6) is -0.333. The van der Waals surface area contributed by atoms with Gasteiger partial charge in [-0.05, 0) is 12.2 Å². The number of rotatable bonds is 0. The third-order valence-electron chi connectivity index (χ3n) is 0.628. The molecule has 0 bridgehead atoms. The first-order valence-electron chi connectivity index (χ1n) is 2.93. The number of hydrazone groups is 1. The quantitative estimate of drug-likeness (QED) is 0.278. The van der Waals surface area contributed by atoms with Gasteiger partial charge in [-0.2, -0.15) is 5.10 Å². The summed E-state index contributed by atoms with van der Waals surface area (Å²) in [4.78, 5) is 0. The first kappa shape index (κ1) is 9.22. The van der Waals surface area contributed by atoms with Crippen LogP contribution in [0.1, 0.15) is 0 Å². The van der Waals surface area contributed by atoms with E-state index in [-0.39, 0.29) is 5.96 Å². The van der Waals surface area contributed by atoms with E-state index < -0.39 is 0 Å². The van der Waals surface area contributed by atoms with Crippen LogP contribution in [0, 0.1) is 5.41 Å². The van der Waals surface area contributed by atoms with Crippen molar-refractivity contribution in [2.24, 2.45) is 16.6 Å². The predicted octanol–water partition coefficient (Wildman–Crippen LogP) is -0.516. The molecule has 0 aromatic carbocycles. The largest absolute Gasteiger partial charge is 0.370 e. The van der Waals surface area contributed by atoms with Crippen LogP contribution < -0.4 is 16.9 Å². The highest BCUT2D eigenvalue weighted by Gasteiger charge is 1.68. The summed E-state index contributed by atoms with van der Waals surface area (Å²) < 4.78 is 0. The molecule has 0 amide bonds. The summed E-state index contributed by atoms with van der Waals surface area (Å²) in [7, 11) is 0. The van der Waals surface area contributed by atoms with Crippen LogP contribution in [0.3, 0.4) is 0 Å². The Labute approximate surface area is 65.0 Å². The molecule has 0 saturated carbocycles. The van der Waals surface area contributed by atoms with Crippen molar-refractivity contribution >= 4 is 12.2 Å². The number of hydrogen-bond donors (Lipinski definition) is 4. The van der Waals surface area contributed by atoms with Crippen molar-refractivity contribution in [3.63, 3.8) is 0 Å². The fourth-order valence-corrected chi connectivity index (χ4v) is 0.342. The van der Waals surface area contributed by atoms with Gasteiger partial charge in [0.2, 0.25) is 0 Å². The van der Waals surface area contributed by atoms with Gasteiger partial charge in [0.15, 0.2) is 5.96 Å². The monoisotopic (exact) mass is 153 g/mol. The molecule has 60 valence electrons. The molecular formula is C6H11N5. The normalized spacial score (nSPS) is 12.4. The number of allylic oxidation sites excluding steroid dienone is 3. The van der Waals surface area contributed by atoms with Crippen molar-refractivity contribution in [1.82, 2.24) is 5.43 Å². The van der Waals surface area contributed by atoms with Crippen molar-refractivity contribution in [2.45, 2.75) is 0 Å². The Kier molecular flexibility index (Phi) is 5.32. The zero-order valence-corrected chi connectivity index (χ0v) is 5.99. The first-order chi connectivity index (χ1) is 5.23. The van der Waals surface area contributed by atoms with Gasteiger partial charge in [-0.25, -0.2) is 0 Å². The summed E-state index contributed by atoms with van der Waals surface area (Å²) >= 11 is 0. The maximum absolute atomic E-state index is 6.06. The van der Waals surface area contributed by atoms with Crippen LogP contribution in [0.25, 0.3) is 0 Å². The molecule has 0 aromatic rings. The van der Waals surface area contributed by atoms with Gasteiger partial charge in [0.1, 0.15) is 0 Å². The molecule has 1 aliphatic rings. The van der Waals surface area contributed by atoms with E-state index in [1.165, 1.54) is 0 Å². The van der Waals surface area contributed by atoms with Crippen LogP contribution in [0.5, 0.6) is 0 Å². The van der Waals surface area contributed by atoms with E-state index in [9.17, 15) is 0 Å². The highest BCUT2D eigenvalue weighted by Crippen LogP contribution is 1.76. The number of nitrogens with one attached hydrogen (secondary N) is 2. The first-order valence-corrected chi connectivity index (χ1v) is 2.93. The summed E-state index contributed by atoms with van der Waals surface area (Å²) in [5.41, 5.74) is 11.6. The zero-order valence-electron chi connectivity index (χ0n) is 5.99. The van der Waals surface area contributed by atoms with Gasteiger partial charge >= 0.3 is 0 Å². The molecule has 5 nitrogen and oxygen atoms in total. The maximum atomic E-state index is 6.06. The number of hydrogen-bond acceptors (Lipinski definition) is 3. The molecule has 1 heterocycles. The lowest BCUT2D eigenvalue weighted by molar-refractivity contribution is 0.980. The molecule has 0 aromatic heterocycles. The number of nitrogens with zero attached hydrogens (tertiary/aromatic N) is 1. The molecule has 0 saturated heterocycles. The zero-order chi connectivity index (χ0) is 8.53. The fourth-order valence-electron chi connectivity index (χ4n) is 0.342. The molecule has 11 heavy (non-hydrogen) atoms. The van der Waals surface area contributed by atoms with Crippen molar-refractivity contribution in [2.75, 3.05) is 0 Å². The van der Waals surface area contributed by atoms with Crippen LogP contribution in [-0.2, 0) is 0 Å². The molecule has 0 radical (unpaired) electrons. The Morgan fingerprint density at radius 2 is 1.91 bits per heavy atom. The van der Waals surface area contributed by atoms with Crippen LogP contribution in [0.2, 0.25) is 0 Å². The van der Waals surface area contributed by atoms with E-state index in [2.05, 4.69) is 22.0 Å². The van der Waals surface area contributed by atoms with E-state index in [1.54, 1.807) is 12.4 Å². The fraction of sp³-hybridized carbons (Fsp3) is 0. The van der Waals surface area contributed by atoms with Gasteiger partial charge in [0, 0.05) is 12.4 Å². The Bertz CT molecular complexity index is 173. The SMILES string of the molecule is C1=CC=NNC=C1.N=C(N)N. The second kappa shape index (κ2) is 6.34. The molecule has 0 aliphatic carbocycles. The van der Waals surface area contributed by atoms with E-state index in [0.29, 0.717) is 0 Å². The number of guanidine groups is 1. The van der Waals surface area contributed by atoms with Crippen molar-refractivity contribution in [1.29, 1.82) is 5.41 Å². The van der Waals surface area contributed by atoms with Gasteiger partial charge in [0.25, 0.3) is 0 Å². The topological polar surface area (TPSA) is 100 Å². The van der Waals surface area contributed by atoms with Crippen LogP contribution in [-0.4, -0.2) is 12.2 Å². The lowest BCUT2D eigenvalue weighted by atomic mass is 10.5. The summed E-state index contributed by atoms with van der Waals surface area (Å²) in [5, 5.41) is 9.78. The predicted molar refractivity (Wildman–Crippen MR) is 46.0 cm³/mol. The lowest BCUT2D eigenvalue weighted by Gasteiger charge is -1.78. The Morgan fingerprint density at radius 3 is 2.55 bits per heavy atom. The minimum atomic E-state index is -0.333. The van der Waals surface area contributed by atoms with Crippen LogP contribution >= 0.6 is 0 Å². The molecule has 0 fully saturated rings. The molecule has 0 atom stereocenters. The molecule has 5 heteroatoms. The van der Waals surface area contributed by atoms with Crippen molar-refractivity contribution in [3.05, 3.63) is 24.4 Å². The highest BCUT2D eigenvalue weighted by molar-refractivity contribution is 5.72. The second-order valence-electron chi connectivity index (χ2n) is 1.61. The van der Waals surface area contributed by atoms with Crippen molar-refractivity contribution < 1.29 is 0 Å². The Hall–Kier alpha value is -1.78. The highest BCUT2D eigenvalue weighted by atomic mass is 15.3. The van der Waals surface area contributed by atoms with Gasteiger partial charge in [0.05, 0.1) is 0 Å². The molecule has 1 rings (SSSR count). The Balaban J connectivity index is 0.000000218. The van der Waals surface area contributed by atoms with Crippen LogP contribution in [0.15, 0.2) is 29.5 Å². The minimum absolute atomic E-state index is 0.333. The van der Waals surface area contributed by atoms with Gasteiger partial charge in [-0.1, -0.05) is 6.08 Å². The van der Waals surface area contributed by atoms with E-state index >= 15 is 0 Å². The molecular weight excluding hydrogens is 142 g/mol. The standard InChI is InChI=1S/C5H6N2.CH5N3/c1-2-4-6-7-5-3-1;2-1(3)4/h1-6H;(H5,2,3,4). The number of nitrogens with two attached hydrogens (primary N) is 2. The van der Waals surface area contributed by atoms with E-state index in [4.69, 9.17) is 5.41 Å². The van der Waals surface area contributed by atoms with E-state index in [0.717, 1.165) is 0 Å². The average molecular weight is 153 g/mol. The van der Waals surface area contributed by atoms with E-state index in [1.807, 2.05) is 18.2 Å². The summed E-state index contributed by atoms with van der Waals surface area (Å²) in [6.45, 7) is 0.